The first kappa shape index (κ1) is 27.8. The average molecular weight is 512 g/mol. The average Bonchev–Trinajstić information content (AvgIpc) is 2.75. The molecule has 1 aromatic rings. The van der Waals surface area contributed by atoms with E-state index in [-0.39, 0.29) is 0 Å². The van der Waals surface area contributed by atoms with Crippen molar-refractivity contribution in [2.24, 2.45) is 0 Å². The quantitative estimate of drug-likeness (QED) is 0.310. The summed E-state index contributed by atoms with van der Waals surface area (Å²) in [5.41, 5.74) is 0.575. The second kappa shape index (κ2) is 12.9. The van der Waals surface area contributed by atoms with Crippen molar-refractivity contribution in [3.63, 3.8) is 0 Å². The highest BCUT2D eigenvalue weighted by Crippen LogP contribution is 2.28. The summed E-state index contributed by atoms with van der Waals surface area (Å²) in [4.78, 5) is 59.4. The van der Waals surface area contributed by atoms with Gasteiger partial charge in [0.25, 0.3) is 0 Å². The van der Waals surface area contributed by atoms with E-state index in [1.54, 1.807) is 24.3 Å². The molecule has 0 aliphatic carbocycles. The number of hydrogen-bond donors (Lipinski definition) is 1. The van der Waals surface area contributed by atoms with E-state index >= 15 is 0 Å². The molecular formula is C23H26ClNO10. The van der Waals surface area contributed by atoms with Crippen LogP contribution in [0.1, 0.15) is 33.3 Å². The van der Waals surface area contributed by atoms with Gasteiger partial charge in [-0.2, -0.15) is 0 Å². The zero-order valence-electron chi connectivity index (χ0n) is 19.5. The molecule has 0 radical (unpaired) electrons. The summed E-state index contributed by atoms with van der Waals surface area (Å²) in [7, 11) is 0. The second-order valence-electron chi connectivity index (χ2n) is 7.48. The summed E-state index contributed by atoms with van der Waals surface area (Å²) in [6.45, 7) is 4.08. The Morgan fingerprint density at radius 1 is 0.886 bits per heavy atom. The number of hydrogen-bond acceptors (Lipinski definition) is 10. The number of esters is 4. The highest BCUT2D eigenvalue weighted by Gasteiger charge is 2.52. The maximum absolute atomic E-state index is 12.6. The lowest BCUT2D eigenvalue weighted by atomic mass is 9.97. The Bertz CT molecular complexity index is 994. The van der Waals surface area contributed by atoms with Crippen molar-refractivity contribution in [3.8, 4) is 0 Å². The van der Waals surface area contributed by atoms with E-state index < -0.39 is 67.0 Å². The molecule has 1 aromatic carbocycles. The molecule has 0 saturated carbocycles. The van der Waals surface area contributed by atoms with Gasteiger partial charge in [-0.05, 0) is 17.7 Å². The molecule has 35 heavy (non-hydrogen) atoms. The van der Waals surface area contributed by atoms with E-state index in [0.717, 1.165) is 27.7 Å². The van der Waals surface area contributed by atoms with Gasteiger partial charge in [0, 0.05) is 38.8 Å². The Hall–Kier alpha value is -3.44. The first-order valence-corrected chi connectivity index (χ1v) is 10.9. The number of ether oxygens (including phenoxy) is 5. The standard InChI is InChI=1S/C23H26ClNO10/c1-12(26)31-11-18-20(32-13(2)27)21(33-14(3)28)22(34-15(4)29)23(35-18)25-19(30)10-9-16-7-5-6-8-17(16)24/h5-10,18,20-23H,11H2,1-4H3,(H,25,30)/b10-9+/t18-,20+,21+,22-,23-/m1/s1. The van der Waals surface area contributed by atoms with Gasteiger partial charge in [-0.25, -0.2) is 0 Å². The topological polar surface area (TPSA) is 144 Å². The van der Waals surface area contributed by atoms with Crippen LogP contribution >= 0.6 is 11.6 Å². The van der Waals surface area contributed by atoms with Gasteiger partial charge < -0.3 is 29.0 Å². The number of carbonyl (C=O) groups is 5. The van der Waals surface area contributed by atoms with Gasteiger partial charge in [0.1, 0.15) is 12.7 Å². The van der Waals surface area contributed by atoms with Crippen LogP contribution in [0.15, 0.2) is 30.3 Å². The molecule has 0 bridgehead atoms. The minimum absolute atomic E-state index is 0.403. The van der Waals surface area contributed by atoms with Gasteiger partial charge in [-0.15, -0.1) is 0 Å². The molecule has 2 rings (SSSR count). The van der Waals surface area contributed by atoms with Gasteiger partial charge >= 0.3 is 23.9 Å². The van der Waals surface area contributed by atoms with Crippen molar-refractivity contribution >= 4 is 47.5 Å². The lowest BCUT2D eigenvalue weighted by Crippen LogP contribution is -2.66. The maximum atomic E-state index is 12.6. The number of benzene rings is 1. The lowest BCUT2D eigenvalue weighted by molar-refractivity contribution is -0.256. The molecule has 1 saturated heterocycles. The largest absolute Gasteiger partial charge is 0.463 e. The third-order valence-corrected chi connectivity index (χ3v) is 4.94. The molecule has 1 aliphatic heterocycles. The Labute approximate surface area is 206 Å². The smallest absolute Gasteiger partial charge is 0.303 e. The van der Waals surface area contributed by atoms with Gasteiger partial charge in [0.2, 0.25) is 5.91 Å². The van der Waals surface area contributed by atoms with E-state index in [4.69, 9.17) is 35.3 Å². The van der Waals surface area contributed by atoms with Crippen LogP contribution < -0.4 is 5.32 Å². The Morgan fingerprint density at radius 3 is 2.03 bits per heavy atom. The summed E-state index contributed by atoms with van der Waals surface area (Å²) in [5.74, 6) is -3.62. The van der Waals surface area contributed by atoms with Crippen LogP contribution in [-0.2, 0) is 47.7 Å². The van der Waals surface area contributed by atoms with Crippen LogP contribution in [-0.4, -0.2) is 67.0 Å². The predicted octanol–water partition coefficient (Wildman–Crippen LogP) is 1.55. The molecule has 12 heteroatoms. The molecular weight excluding hydrogens is 486 g/mol. The van der Waals surface area contributed by atoms with Crippen molar-refractivity contribution < 1.29 is 47.7 Å². The van der Waals surface area contributed by atoms with Crippen LogP contribution in [0.25, 0.3) is 6.08 Å². The minimum Gasteiger partial charge on any atom is -0.463 e. The van der Waals surface area contributed by atoms with Crippen molar-refractivity contribution in [3.05, 3.63) is 40.9 Å². The summed E-state index contributed by atoms with van der Waals surface area (Å²) < 4.78 is 26.7. The fraction of sp³-hybridized carbons (Fsp3) is 0.435. The normalized spacial score (nSPS) is 23.7. The molecule has 0 spiro atoms. The van der Waals surface area contributed by atoms with Crippen molar-refractivity contribution in [1.82, 2.24) is 5.32 Å². The van der Waals surface area contributed by atoms with Crippen LogP contribution in [0, 0.1) is 0 Å². The molecule has 1 amide bonds. The van der Waals surface area contributed by atoms with Crippen molar-refractivity contribution in [2.45, 2.75) is 58.3 Å². The number of amides is 1. The number of rotatable bonds is 8. The van der Waals surface area contributed by atoms with Crippen LogP contribution in [0.2, 0.25) is 5.02 Å². The molecule has 1 fully saturated rings. The number of carbonyl (C=O) groups excluding carboxylic acids is 5. The predicted molar refractivity (Wildman–Crippen MR) is 121 cm³/mol. The van der Waals surface area contributed by atoms with Crippen LogP contribution in [0.3, 0.4) is 0 Å². The Morgan fingerprint density at radius 2 is 1.46 bits per heavy atom. The molecule has 1 heterocycles. The van der Waals surface area contributed by atoms with E-state index in [1.165, 1.54) is 12.2 Å². The second-order valence-corrected chi connectivity index (χ2v) is 7.89. The van der Waals surface area contributed by atoms with E-state index in [0.29, 0.717) is 10.6 Å². The molecule has 1 aliphatic rings. The number of nitrogens with one attached hydrogen (secondary N) is 1. The molecule has 1 N–H and O–H groups in total. The van der Waals surface area contributed by atoms with Crippen LogP contribution in [0.5, 0.6) is 0 Å². The van der Waals surface area contributed by atoms with Crippen LogP contribution in [0.4, 0.5) is 0 Å². The van der Waals surface area contributed by atoms with E-state index in [1.807, 2.05) is 0 Å². The first-order valence-electron chi connectivity index (χ1n) is 10.5. The van der Waals surface area contributed by atoms with E-state index in [9.17, 15) is 24.0 Å². The minimum atomic E-state index is -1.40. The molecule has 5 atom stereocenters. The maximum Gasteiger partial charge on any atom is 0.303 e. The highest BCUT2D eigenvalue weighted by atomic mass is 35.5. The summed E-state index contributed by atoms with van der Waals surface area (Å²) in [5, 5.41) is 2.94. The van der Waals surface area contributed by atoms with Crippen molar-refractivity contribution in [2.75, 3.05) is 6.61 Å². The Balaban J connectivity index is 2.37. The fourth-order valence-corrected chi connectivity index (χ4v) is 3.51. The van der Waals surface area contributed by atoms with Gasteiger partial charge in [0.05, 0.1) is 0 Å². The van der Waals surface area contributed by atoms with Gasteiger partial charge in [-0.3, -0.25) is 24.0 Å². The molecule has 190 valence electrons. The Kier molecular flexibility index (Phi) is 10.2. The monoisotopic (exact) mass is 511 g/mol. The summed E-state index contributed by atoms with van der Waals surface area (Å²) in [6, 6.07) is 6.82. The molecule has 11 nitrogen and oxygen atoms in total. The van der Waals surface area contributed by atoms with Gasteiger partial charge in [-0.1, -0.05) is 29.8 Å². The van der Waals surface area contributed by atoms with E-state index in [2.05, 4.69) is 5.32 Å². The number of halogens is 1. The molecule has 0 unspecified atom stereocenters. The third-order valence-electron chi connectivity index (χ3n) is 4.59. The third kappa shape index (κ3) is 8.69. The fourth-order valence-electron chi connectivity index (χ4n) is 3.31. The zero-order chi connectivity index (χ0) is 26.1. The summed E-state index contributed by atoms with van der Waals surface area (Å²) >= 11 is 6.09. The molecule has 0 aromatic heterocycles. The SMILES string of the molecule is CC(=O)OC[C@H]1O[C@@H](NC(=O)/C=C/c2ccccc2Cl)[C@H](OC(C)=O)[C@@H](OC(C)=O)[C@H]1OC(C)=O. The lowest BCUT2D eigenvalue weighted by Gasteiger charge is -2.44. The first-order chi connectivity index (χ1) is 16.5. The van der Waals surface area contributed by atoms with Crippen molar-refractivity contribution in [1.29, 1.82) is 0 Å². The summed E-state index contributed by atoms with van der Waals surface area (Å²) in [6.07, 6.45) is -3.99. The van der Waals surface area contributed by atoms with Gasteiger partial charge in [0.15, 0.2) is 24.5 Å². The highest BCUT2D eigenvalue weighted by molar-refractivity contribution is 6.32. The zero-order valence-corrected chi connectivity index (χ0v) is 20.3.